The maximum Gasteiger partial charge on any atom is 0.272 e. The van der Waals surface area contributed by atoms with Gasteiger partial charge in [-0.1, -0.05) is 35.9 Å². The zero-order valence-corrected chi connectivity index (χ0v) is 18.6. The number of rotatable bonds is 5. The average Bonchev–Trinajstić information content (AvgIpc) is 3.04. The second-order valence-electron chi connectivity index (χ2n) is 8.08. The van der Waals surface area contributed by atoms with Crippen molar-refractivity contribution in [3.63, 3.8) is 0 Å². The average molecular weight is 470 g/mol. The highest BCUT2D eigenvalue weighted by Crippen LogP contribution is 2.28. The minimum absolute atomic E-state index is 0.0178. The zero-order valence-electron chi connectivity index (χ0n) is 17.8. The molecule has 9 N–H and O–H groups in total. The highest BCUT2D eigenvalue weighted by Gasteiger charge is 2.46. The van der Waals surface area contributed by atoms with Crippen molar-refractivity contribution < 1.29 is 9.59 Å². The summed E-state index contributed by atoms with van der Waals surface area (Å²) < 4.78 is 0. The molecule has 1 spiro atoms. The van der Waals surface area contributed by atoms with E-state index in [0.717, 1.165) is 0 Å². The van der Waals surface area contributed by atoms with Crippen LogP contribution in [0, 0.1) is 5.92 Å². The van der Waals surface area contributed by atoms with Gasteiger partial charge in [-0.25, -0.2) is 10.0 Å². The Kier molecular flexibility index (Phi) is 7.22. The normalized spacial score (nSPS) is 26.3. The lowest BCUT2D eigenvalue weighted by Gasteiger charge is -2.39. The number of nitrogens with one attached hydrogen (secondary N) is 3. The number of hydrogen-bond donors (Lipinski definition) is 6. The molecule has 15 nitrogen and oxygen atoms in total. The molecule has 0 bridgehead atoms. The third-order valence-corrected chi connectivity index (χ3v) is 5.84. The number of aliphatic imine (C=N–C) groups is 1. The van der Waals surface area contributed by atoms with Crippen molar-refractivity contribution in [3.8, 4) is 0 Å². The Labute approximate surface area is 189 Å². The largest absolute Gasteiger partial charge is 0.342 e. The number of carbonyl (C=O) groups is 2. The monoisotopic (exact) mass is 469 g/mol. The second-order valence-corrected chi connectivity index (χ2v) is 8.44. The molecule has 0 aromatic carbocycles. The van der Waals surface area contributed by atoms with Crippen LogP contribution in [0.5, 0.6) is 0 Å². The number of likely N-dealkylation sites (tertiary alicyclic amines) is 1. The van der Waals surface area contributed by atoms with Gasteiger partial charge in [-0.3, -0.25) is 20.7 Å². The van der Waals surface area contributed by atoms with Crippen LogP contribution in [0.25, 0.3) is 0 Å². The van der Waals surface area contributed by atoms with Crippen molar-refractivity contribution >= 4 is 29.1 Å². The zero-order chi connectivity index (χ0) is 23.5. The van der Waals surface area contributed by atoms with Crippen molar-refractivity contribution in [2.75, 3.05) is 19.6 Å². The Balaban J connectivity index is 1.68. The van der Waals surface area contributed by atoms with Crippen LogP contribution < -0.4 is 33.5 Å². The van der Waals surface area contributed by atoms with Crippen molar-refractivity contribution in [3.05, 3.63) is 11.0 Å². The maximum absolute atomic E-state index is 12.9. The summed E-state index contributed by atoms with van der Waals surface area (Å²) in [4.78, 5) is 31.1. The summed E-state index contributed by atoms with van der Waals surface area (Å²) in [7, 11) is 0. The summed E-state index contributed by atoms with van der Waals surface area (Å²) in [5.74, 6) is 15.9. The topological polar surface area (TPSA) is 217 Å². The Morgan fingerprint density at radius 2 is 1.97 bits per heavy atom. The predicted octanol–water partition coefficient (Wildman–Crippen LogP) is -1.43. The van der Waals surface area contributed by atoms with Crippen LogP contribution in [0.2, 0.25) is 0 Å². The Bertz CT molecular complexity index is 862. The van der Waals surface area contributed by atoms with E-state index in [0.29, 0.717) is 32.5 Å². The van der Waals surface area contributed by atoms with E-state index < -0.39 is 18.4 Å². The maximum atomic E-state index is 12.9. The van der Waals surface area contributed by atoms with Gasteiger partial charge in [0.1, 0.15) is 6.29 Å². The van der Waals surface area contributed by atoms with E-state index in [1.54, 1.807) is 0 Å². The van der Waals surface area contributed by atoms with Crippen LogP contribution in [0.3, 0.4) is 0 Å². The van der Waals surface area contributed by atoms with Gasteiger partial charge in [-0.05, 0) is 12.8 Å². The molecular formula is C16H28ClN13O2. The number of carbonyl (C=O) groups excluding carboxylic acids is 2. The predicted molar refractivity (Wildman–Crippen MR) is 115 cm³/mol. The summed E-state index contributed by atoms with van der Waals surface area (Å²) in [6, 6.07) is 0. The van der Waals surface area contributed by atoms with Crippen LogP contribution in [0.15, 0.2) is 36.6 Å². The first-order valence-corrected chi connectivity index (χ1v) is 10.4. The molecule has 3 rings (SSSR count). The minimum atomic E-state index is -1.05. The molecule has 2 unspecified atom stereocenters. The van der Waals surface area contributed by atoms with E-state index in [2.05, 4.69) is 41.6 Å². The van der Waals surface area contributed by atoms with Crippen LogP contribution in [-0.2, 0) is 9.59 Å². The van der Waals surface area contributed by atoms with Gasteiger partial charge in [-0.2, -0.15) is 0 Å². The first-order valence-electron chi connectivity index (χ1n) is 10.0. The van der Waals surface area contributed by atoms with E-state index in [1.165, 1.54) is 5.01 Å². The van der Waals surface area contributed by atoms with Gasteiger partial charge < -0.3 is 27.2 Å². The fourth-order valence-corrected chi connectivity index (χ4v) is 4.11. The highest BCUT2D eigenvalue weighted by molar-refractivity contribution is 6.43. The molecule has 2 saturated heterocycles. The molecule has 0 radical (unpaired) electrons. The lowest BCUT2D eigenvalue weighted by Crippen LogP contribution is -2.59. The van der Waals surface area contributed by atoms with E-state index >= 15 is 0 Å². The molecular weight excluding hydrogens is 442 g/mol. The summed E-state index contributed by atoms with van der Waals surface area (Å²) in [5.41, 5.74) is -0.413. The number of amides is 2. The number of nitrogens with two attached hydrogens (primary N) is 3. The lowest BCUT2D eigenvalue weighted by atomic mass is 9.88. The summed E-state index contributed by atoms with van der Waals surface area (Å²) >= 11 is 6.04. The third-order valence-electron chi connectivity index (χ3n) is 5.57. The standard InChI is InChI=1S/C16H28ClN13O2/c1-8(2)14(32)29-5-3-16(4-6-29)7-30(20)15(24-16)23-13(31)9-11(25-27-18)22-12(26-28-19)10(17)21-9/h8,11,15,22,24H,3-7,20H2,1-2H3,(H2,18,25)(H2,19,26)(H,23,31). The van der Waals surface area contributed by atoms with Gasteiger partial charge in [0.2, 0.25) is 5.91 Å². The molecule has 0 aliphatic carbocycles. The second kappa shape index (κ2) is 9.72. The van der Waals surface area contributed by atoms with Gasteiger partial charge >= 0.3 is 0 Å². The minimum Gasteiger partial charge on any atom is -0.342 e. The number of piperidine rings is 1. The fraction of sp³-hybridized carbons (Fsp3) is 0.688. The molecule has 2 amide bonds. The van der Waals surface area contributed by atoms with Crippen molar-refractivity contribution in [1.29, 1.82) is 0 Å². The van der Waals surface area contributed by atoms with Crippen molar-refractivity contribution in [2.45, 2.75) is 44.7 Å². The Hall–Kier alpha value is -2.88. The number of halogens is 1. The number of hydrogen-bond acceptors (Lipinski definition) is 11. The van der Waals surface area contributed by atoms with E-state index in [-0.39, 0.29) is 34.1 Å². The molecule has 0 saturated carbocycles. The molecule has 176 valence electrons. The quantitative estimate of drug-likeness (QED) is 0.121. The summed E-state index contributed by atoms with van der Waals surface area (Å²) in [5, 5.41) is 23.9. The number of nitrogens with zero attached hydrogens (tertiary/aromatic N) is 7. The Morgan fingerprint density at radius 1 is 1.28 bits per heavy atom. The first kappa shape index (κ1) is 23.8. The number of hydrazine groups is 1. The smallest absolute Gasteiger partial charge is 0.272 e. The lowest BCUT2D eigenvalue weighted by molar-refractivity contribution is -0.136. The molecule has 16 heteroatoms. The van der Waals surface area contributed by atoms with E-state index in [4.69, 9.17) is 29.1 Å². The first-order chi connectivity index (χ1) is 15.2. The third kappa shape index (κ3) is 4.95. The van der Waals surface area contributed by atoms with Gasteiger partial charge in [0.15, 0.2) is 22.9 Å². The molecule has 3 aliphatic heterocycles. The summed E-state index contributed by atoms with van der Waals surface area (Å²) in [6.45, 7) is 5.51. The molecule has 3 aliphatic rings. The molecule has 3 heterocycles. The molecule has 32 heavy (non-hydrogen) atoms. The van der Waals surface area contributed by atoms with E-state index in [9.17, 15) is 9.59 Å². The van der Waals surface area contributed by atoms with Gasteiger partial charge in [-0.15, -0.1) is 10.2 Å². The van der Waals surface area contributed by atoms with Crippen molar-refractivity contribution in [2.24, 2.45) is 49.1 Å². The van der Waals surface area contributed by atoms with Gasteiger partial charge in [0.25, 0.3) is 5.91 Å². The molecule has 2 fully saturated rings. The highest BCUT2D eigenvalue weighted by atomic mass is 35.5. The van der Waals surface area contributed by atoms with Crippen LogP contribution in [0.1, 0.15) is 26.7 Å². The van der Waals surface area contributed by atoms with Crippen LogP contribution in [-0.4, -0.2) is 65.1 Å². The van der Waals surface area contributed by atoms with Gasteiger partial charge in [0, 0.05) is 31.1 Å². The van der Waals surface area contributed by atoms with Crippen molar-refractivity contribution in [1.82, 2.24) is 25.9 Å². The molecule has 0 aromatic rings. The van der Waals surface area contributed by atoms with Crippen LogP contribution >= 0.6 is 11.6 Å². The fourth-order valence-electron chi connectivity index (χ4n) is 3.93. The molecule has 0 aromatic heterocycles. The summed E-state index contributed by atoms with van der Waals surface area (Å²) in [6.07, 6.45) is -0.295. The molecule has 2 atom stereocenters. The van der Waals surface area contributed by atoms with Crippen LogP contribution in [0.4, 0.5) is 0 Å². The Morgan fingerprint density at radius 3 is 2.56 bits per heavy atom. The van der Waals surface area contributed by atoms with Gasteiger partial charge in [0.05, 0.1) is 0 Å². The van der Waals surface area contributed by atoms with E-state index in [1.807, 2.05) is 18.7 Å². The SMILES string of the molecule is CC(C)C(=O)N1CCC2(CC1)CN(N)C(NC(=O)C1=NC(Cl)=C(N=NN)NC1N=NN)N2.